The molecule has 0 N–H and O–H groups in total. The maximum atomic E-state index is 12.2. The van der Waals surface area contributed by atoms with E-state index in [9.17, 15) is 14.4 Å². The predicted octanol–water partition coefficient (Wildman–Crippen LogP) is 1.83. The first kappa shape index (κ1) is 15.2. The number of likely N-dealkylation sites (tertiary alicyclic amines) is 1. The lowest BCUT2D eigenvalue weighted by Crippen LogP contribution is -2.51. The molecule has 0 aromatic rings. The van der Waals surface area contributed by atoms with E-state index in [1.807, 2.05) is 6.92 Å². The second-order valence-electron chi connectivity index (χ2n) is 5.41. The molecule has 102 valence electrons. The van der Waals surface area contributed by atoms with Crippen LogP contribution in [0, 0.1) is 5.41 Å². The molecule has 0 aromatic heterocycles. The number of hydrogen-bond acceptors (Lipinski definition) is 3. The summed E-state index contributed by atoms with van der Waals surface area (Å²) >= 11 is 3.81. The van der Waals surface area contributed by atoms with Crippen molar-refractivity contribution in [3.8, 4) is 0 Å². The number of rotatable bonds is 4. The molecule has 1 rings (SSSR count). The van der Waals surface area contributed by atoms with Crippen molar-refractivity contribution in [1.29, 1.82) is 0 Å². The Bertz CT molecular complexity index is 365. The van der Waals surface area contributed by atoms with Gasteiger partial charge in [0.05, 0.1) is 0 Å². The van der Waals surface area contributed by atoms with Crippen LogP contribution in [-0.4, -0.2) is 34.3 Å². The number of carbonyl (C=O) groups is 3. The van der Waals surface area contributed by atoms with Gasteiger partial charge in [0.25, 0.3) is 5.91 Å². The monoisotopic (exact) mass is 271 g/mol. The van der Waals surface area contributed by atoms with Crippen LogP contribution in [0.2, 0.25) is 0 Å². The molecule has 0 bridgehead atoms. The van der Waals surface area contributed by atoms with E-state index >= 15 is 0 Å². The van der Waals surface area contributed by atoms with Gasteiger partial charge in [-0.25, -0.2) is 0 Å². The summed E-state index contributed by atoms with van der Waals surface area (Å²) < 4.78 is 0. The highest BCUT2D eigenvalue weighted by Crippen LogP contribution is 2.25. The Labute approximate surface area is 114 Å². The third-order valence-electron chi connectivity index (χ3n) is 3.74. The van der Waals surface area contributed by atoms with Crippen molar-refractivity contribution in [2.45, 2.75) is 52.5 Å². The van der Waals surface area contributed by atoms with Crippen LogP contribution in [0.5, 0.6) is 0 Å². The smallest absolute Gasteiger partial charge is 0.291 e. The SMILES string of the molecule is CCC(C)(C)C(=O)C(=O)N1CCCC[C@H]1C(=O)S. The minimum absolute atomic E-state index is 0.329. The van der Waals surface area contributed by atoms with Crippen LogP contribution >= 0.6 is 12.6 Å². The summed E-state index contributed by atoms with van der Waals surface area (Å²) in [5, 5.41) is -0.329. The van der Waals surface area contributed by atoms with Gasteiger partial charge in [-0.15, -0.1) is 12.6 Å². The molecular weight excluding hydrogens is 250 g/mol. The van der Waals surface area contributed by atoms with Gasteiger partial charge in [0.2, 0.25) is 10.9 Å². The van der Waals surface area contributed by atoms with E-state index in [-0.39, 0.29) is 5.12 Å². The van der Waals surface area contributed by atoms with Crippen molar-refractivity contribution in [1.82, 2.24) is 4.90 Å². The average Bonchev–Trinajstić information content (AvgIpc) is 2.36. The molecule has 18 heavy (non-hydrogen) atoms. The predicted molar refractivity (Wildman–Crippen MR) is 72.4 cm³/mol. The van der Waals surface area contributed by atoms with Crippen LogP contribution in [-0.2, 0) is 14.4 Å². The molecule has 0 spiro atoms. The maximum absolute atomic E-state index is 12.2. The van der Waals surface area contributed by atoms with Crippen molar-refractivity contribution in [3.05, 3.63) is 0 Å². The molecule has 1 saturated heterocycles. The molecule has 0 saturated carbocycles. The number of hydrogen-bond donors (Lipinski definition) is 1. The van der Waals surface area contributed by atoms with Gasteiger partial charge in [0.1, 0.15) is 6.04 Å². The zero-order valence-electron chi connectivity index (χ0n) is 11.2. The standard InChI is InChI=1S/C13H21NO3S/c1-4-13(2,3)10(15)11(16)14-8-6-5-7-9(14)12(17)18/h9H,4-8H2,1-3H3,(H,17,18)/t9-/m0/s1. The Kier molecular flexibility index (Phi) is 4.96. The first-order valence-electron chi connectivity index (χ1n) is 6.39. The average molecular weight is 271 g/mol. The summed E-state index contributed by atoms with van der Waals surface area (Å²) in [6.45, 7) is 5.87. The van der Waals surface area contributed by atoms with E-state index in [4.69, 9.17) is 0 Å². The fourth-order valence-corrected chi connectivity index (χ4v) is 2.28. The van der Waals surface area contributed by atoms with Crippen LogP contribution in [0.4, 0.5) is 0 Å². The second-order valence-corrected chi connectivity index (χ2v) is 5.86. The number of ketones is 1. The van der Waals surface area contributed by atoms with Gasteiger partial charge >= 0.3 is 0 Å². The van der Waals surface area contributed by atoms with Crippen LogP contribution in [0.1, 0.15) is 46.5 Å². The van der Waals surface area contributed by atoms with E-state index in [2.05, 4.69) is 12.6 Å². The molecule has 0 aromatic carbocycles. The Morgan fingerprint density at radius 3 is 2.39 bits per heavy atom. The van der Waals surface area contributed by atoms with Gasteiger partial charge in [-0.2, -0.15) is 0 Å². The Hall–Kier alpha value is -0.840. The number of thiol groups is 1. The Balaban J connectivity index is 2.87. The molecular formula is C13H21NO3S. The van der Waals surface area contributed by atoms with Gasteiger partial charge in [0, 0.05) is 12.0 Å². The summed E-state index contributed by atoms with van der Waals surface area (Å²) in [4.78, 5) is 37.2. The van der Waals surface area contributed by atoms with Crippen molar-refractivity contribution < 1.29 is 14.4 Å². The summed E-state index contributed by atoms with van der Waals surface area (Å²) in [5.74, 6) is -0.944. The maximum Gasteiger partial charge on any atom is 0.291 e. The lowest BCUT2D eigenvalue weighted by molar-refractivity contribution is -0.152. The number of amides is 1. The summed E-state index contributed by atoms with van der Waals surface area (Å²) in [7, 11) is 0. The minimum atomic E-state index is -0.668. The van der Waals surface area contributed by atoms with E-state index in [1.54, 1.807) is 13.8 Å². The van der Waals surface area contributed by atoms with E-state index in [1.165, 1.54) is 4.90 Å². The molecule has 0 unspecified atom stereocenters. The minimum Gasteiger partial charge on any atom is -0.325 e. The van der Waals surface area contributed by atoms with Gasteiger partial charge in [-0.3, -0.25) is 14.4 Å². The zero-order chi connectivity index (χ0) is 13.9. The molecule has 0 radical (unpaired) electrons. The van der Waals surface area contributed by atoms with Crippen molar-refractivity contribution in [2.24, 2.45) is 5.41 Å². The second kappa shape index (κ2) is 5.87. The molecule has 5 heteroatoms. The van der Waals surface area contributed by atoms with Crippen LogP contribution in [0.15, 0.2) is 0 Å². The molecule has 4 nitrogen and oxygen atoms in total. The lowest BCUT2D eigenvalue weighted by Gasteiger charge is -2.35. The highest BCUT2D eigenvalue weighted by atomic mass is 32.1. The molecule has 0 aliphatic carbocycles. The lowest BCUT2D eigenvalue weighted by atomic mass is 9.84. The molecule has 1 heterocycles. The van der Waals surface area contributed by atoms with Crippen molar-refractivity contribution in [3.63, 3.8) is 0 Å². The molecule has 1 aliphatic rings. The molecule has 1 atom stereocenters. The number of piperidine rings is 1. The largest absolute Gasteiger partial charge is 0.325 e. The van der Waals surface area contributed by atoms with Crippen LogP contribution < -0.4 is 0 Å². The number of Topliss-reactive ketones (excluding diaryl/α,β-unsaturated/α-hetero) is 1. The normalized spacial score (nSPS) is 20.7. The molecule has 1 amide bonds. The molecule has 1 aliphatic heterocycles. The van der Waals surface area contributed by atoms with Crippen molar-refractivity contribution >= 4 is 29.4 Å². The Morgan fingerprint density at radius 1 is 1.28 bits per heavy atom. The number of carbonyl (C=O) groups excluding carboxylic acids is 3. The highest BCUT2D eigenvalue weighted by Gasteiger charge is 2.39. The summed E-state index contributed by atoms with van der Waals surface area (Å²) in [5.41, 5.74) is -0.668. The third kappa shape index (κ3) is 3.13. The van der Waals surface area contributed by atoms with E-state index in [0.29, 0.717) is 19.4 Å². The van der Waals surface area contributed by atoms with Gasteiger partial charge in [-0.1, -0.05) is 20.8 Å². The van der Waals surface area contributed by atoms with Gasteiger partial charge < -0.3 is 4.90 Å². The zero-order valence-corrected chi connectivity index (χ0v) is 12.1. The van der Waals surface area contributed by atoms with Crippen LogP contribution in [0.25, 0.3) is 0 Å². The third-order valence-corrected chi connectivity index (χ3v) is 4.04. The topological polar surface area (TPSA) is 54.5 Å². The quantitative estimate of drug-likeness (QED) is 0.627. The summed E-state index contributed by atoms with van der Waals surface area (Å²) in [6, 6.07) is -0.536. The van der Waals surface area contributed by atoms with Gasteiger partial charge in [-0.05, 0) is 25.7 Å². The fraction of sp³-hybridized carbons (Fsp3) is 0.769. The van der Waals surface area contributed by atoms with Crippen LogP contribution in [0.3, 0.4) is 0 Å². The van der Waals surface area contributed by atoms with Gasteiger partial charge in [0.15, 0.2) is 0 Å². The van der Waals surface area contributed by atoms with E-state index < -0.39 is 23.1 Å². The molecule has 1 fully saturated rings. The Morgan fingerprint density at radius 2 is 1.89 bits per heavy atom. The number of nitrogens with zero attached hydrogens (tertiary/aromatic N) is 1. The summed E-state index contributed by atoms with van der Waals surface area (Å²) in [6.07, 6.45) is 2.94. The highest BCUT2D eigenvalue weighted by molar-refractivity contribution is 7.96. The van der Waals surface area contributed by atoms with Crippen molar-refractivity contribution in [2.75, 3.05) is 6.54 Å². The first-order valence-corrected chi connectivity index (χ1v) is 6.84. The fourth-order valence-electron chi connectivity index (χ4n) is 2.01. The first-order chi connectivity index (χ1) is 8.31. The van der Waals surface area contributed by atoms with E-state index in [0.717, 1.165) is 12.8 Å².